The monoisotopic (exact) mass is 344 g/mol. The lowest BCUT2D eigenvalue weighted by Crippen LogP contribution is -2.18. The minimum atomic E-state index is -0.201. The van der Waals surface area contributed by atoms with Crippen molar-refractivity contribution < 1.29 is 4.52 Å². The summed E-state index contributed by atoms with van der Waals surface area (Å²) in [5.41, 5.74) is 0.802. The van der Waals surface area contributed by atoms with E-state index in [1.54, 1.807) is 25.4 Å². The van der Waals surface area contributed by atoms with Crippen molar-refractivity contribution in [2.75, 3.05) is 5.32 Å². The van der Waals surface area contributed by atoms with E-state index in [-0.39, 0.29) is 12.0 Å². The molecule has 0 amide bonds. The van der Waals surface area contributed by atoms with Crippen molar-refractivity contribution in [1.29, 1.82) is 0 Å². The van der Waals surface area contributed by atoms with E-state index >= 15 is 0 Å². The van der Waals surface area contributed by atoms with Crippen LogP contribution in [0.25, 0.3) is 11.4 Å². The van der Waals surface area contributed by atoms with Gasteiger partial charge in [0.05, 0.1) is 0 Å². The minimum Gasteiger partial charge on any atom is -0.358 e. The summed E-state index contributed by atoms with van der Waals surface area (Å²) in [4.78, 5) is 17.0. The van der Waals surface area contributed by atoms with E-state index in [4.69, 9.17) is 16.1 Å². The standard InChI is InChI=1S/C16H17ClN6O/c1-9(2)14(21-13-7-12(17)19-10(3)20-13)16-22-15(23-24-16)11-5-4-6-18-8-11/h4-9,14H,1-3H3,(H,19,20,21). The summed E-state index contributed by atoms with van der Waals surface area (Å²) in [5.74, 6) is 2.39. The van der Waals surface area contributed by atoms with Crippen molar-refractivity contribution in [3.63, 3.8) is 0 Å². The molecule has 3 aromatic rings. The first-order valence-electron chi connectivity index (χ1n) is 7.54. The Morgan fingerprint density at radius 3 is 2.71 bits per heavy atom. The average molecular weight is 345 g/mol. The van der Waals surface area contributed by atoms with Gasteiger partial charge in [0.15, 0.2) is 0 Å². The van der Waals surface area contributed by atoms with E-state index in [0.717, 1.165) is 5.56 Å². The van der Waals surface area contributed by atoms with E-state index in [0.29, 0.717) is 28.5 Å². The largest absolute Gasteiger partial charge is 0.358 e. The van der Waals surface area contributed by atoms with Crippen LogP contribution in [0.1, 0.15) is 31.6 Å². The molecule has 3 heterocycles. The molecule has 3 rings (SSSR count). The Morgan fingerprint density at radius 2 is 2.04 bits per heavy atom. The molecule has 124 valence electrons. The first kappa shape index (κ1) is 16.3. The number of halogens is 1. The molecule has 0 saturated heterocycles. The van der Waals surface area contributed by atoms with Crippen molar-refractivity contribution in [2.24, 2.45) is 5.92 Å². The maximum absolute atomic E-state index is 5.99. The molecule has 0 bridgehead atoms. The number of hydrogen-bond acceptors (Lipinski definition) is 7. The maximum atomic E-state index is 5.99. The van der Waals surface area contributed by atoms with Gasteiger partial charge in [-0.3, -0.25) is 4.98 Å². The second-order valence-corrected chi connectivity index (χ2v) is 6.07. The molecule has 0 fully saturated rings. The Balaban J connectivity index is 1.87. The van der Waals surface area contributed by atoms with Gasteiger partial charge in [0, 0.05) is 24.0 Å². The lowest BCUT2D eigenvalue weighted by atomic mass is 10.0. The zero-order valence-electron chi connectivity index (χ0n) is 13.6. The van der Waals surface area contributed by atoms with Gasteiger partial charge in [0.25, 0.3) is 0 Å². The number of hydrogen-bond donors (Lipinski definition) is 1. The number of anilines is 1. The molecule has 0 aliphatic heterocycles. The maximum Gasteiger partial charge on any atom is 0.249 e. The van der Waals surface area contributed by atoms with Gasteiger partial charge in [-0.05, 0) is 25.0 Å². The molecule has 7 nitrogen and oxygen atoms in total. The third-order valence-corrected chi connectivity index (χ3v) is 3.60. The Morgan fingerprint density at radius 1 is 1.21 bits per heavy atom. The predicted octanol–water partition coefficient (Wildman–Crippen LogP) is 3.69. The van der Waals surface area contributed by atoms with Crippen LogP contribution in [0.5, 0.6) is 0 Å². The van der Waals surface area contributed by atoms with Crippen LogP contribution >= 0.6 is 11.6 Å². The van der Waals surface area contributed by atoms with E-state index in [2.05, 4.69) is 44.3 Å². The van der Waals surface area contributed by atoms with Crippen molar-refractivity contribution >= 4 is 17.4 Å². The van der Waals surface area contributed by atoms with E-state index < -0.39 is 0 Å². The molecular weight excluding hydrogens is 328 g/mol. The summed E-state index contributed by atoms with van der Waals surface area (Å²) in [6.07, 6.45) is 3.39. The van der Waals surface area contributed by atoms with Crippen LogP contribution in [0.15, 0.2) is 35.1 Å². The smallest absolute Gasteiger partial charge is 0.249 e. The highest BCUT2D eigenvalue weighted by molar-refractivity contribution is 6.29. The fourth-order valence-corrected chi connectivity index (χ4v) is 2.48. The van der Waals surface area contributed by atoms with Crippen LogP contribution in [0.3, 0.4) is 0 Å². The molecule has 1 atom stereocenters. The highest BCUT2D eigenvalue weighted by atomic mass is 35.5. The first-order valence-corrected chi connectivity index (χ1v) is 7.92. The van der Waals surface area contributed by atoms with E-state index in [1.807, 2.05) is 12.1 Å². The first-order chi connectivity index (χ1) is 11.5. The zero-order valence-corrected chi connectivity index (χ0v) is 14.3. The van der Waals surface area contributed by atoms with Crippen LogP contribution in [0.4, 0.5) is 5.82 Å². The van der Waals surface area contributed by atoms with Crippen LogP contribution in [0, 0.1) is 12.8 Å². The molecule has 0 aliphatic carbocycles. The van der Waals surface area contributed by atoms with Gasteiger partial charge in [-0.15, -0.1) is 0 Å². The molecule has 0 aromatic carbocycles. The second kappa shape index (κ2) is 6.92. The minimum absolute atomic E-state index is 0.196. The van der Waals surface area contributed by atoms with Crippen molar-refractivity contribution in [2.45, 2.75) is 26.8 Å². The quantitative estimate of drug-likeness (QED) is 0.706. The predicted molar refractivity (Wildman–Crippen MR) is 90.5 cm³/mol. The van der Waals surface area contributed by atoms with Gasteiger partial charge < -0.3 is 9.84 Å². The van der Waals surface area contributed by atoms with Crippen molar-refractivity contribution in [3.8, 4) is 11.4 Å². The fourth-order valence-electron chi connectivity index (χ4n) is 2.25. The third kappa shape index (κ3) is 3.68. The molecule has 24 heavy (non-hydrogen) atoms. The van der Waals surface area contributed by atoms with Crippen LogP contribution in [0.2, 0.25) is 5.15 Å². The van der Waals surface area contributed by atoms with Crippen LogP contribution < -0.4 is 5.32 Å². The van der Waals surface area contributed by atoms with Gasteiger partial charge in [-0.1, -0.05) is 30.6 Å². The number of nitrogens with zero attached hydrogens (tertiary/aromatic N) is 5. The molecule has 8 heteroatoms. The number of pyridine rings is 1. The second-order valence-electron chi connectivity index (χ2n) is 5.69. The Bertz CT molecular complexity index is 800. The summed E-state index contributed by atoms with van der Waals surface area (Å²) < 4.78 is 5.45. The van der Waals surface area contributed by atoms with E-state index in [9.17, 15) is 0 Å². The lowest BCUT2D eigenvalue weighted by molar-refractivity contribution is 0.335. The molecule has 0 radical (unpaired) electrons. The average Bonchev–Trinajstić information content (AvgIpc) is 3.02. The summed E-state index contributed by atoms with van der Waals surface area (Å²) >= 11 is 5.99. The Labute approximate surface area is 144 Å². The van der Waals surface area contributed by atoms with Gasteiger partial charge in [-0.25, -0.2) is 9.97 Å². The van der Waals surface area contributed by atoms with Crippen molar-refractivity contribution in [3.05, 3.63) is 47.5 Å². The number of aryl methyl sites for hydroxylation is 1. The summed E-state index contributed by atoms with van der Waals surface area (Å²) in [6.45, 7) is 5.90. The number of rotatable bonds is 5. The molecule has 0 saturated carbocycles. The lowest BCUT2D eigenvalue weighted by Gasteiger charge is -2.19. The Kier molecular flexibility index (Phi) is 4.71. The highest BCUT2D eigenvalue weighted by Gasteiger charge is 2.23. The highest BCUT2D eigenvalue weighted by Crippen LogP contribution is 2.27. The molecule has 1 N–H and O–H groups in total. The molecule has 0 aliphatic rings. The summed E-state index contributed by atoms with van der Waals surface area (Å²) in [5, 5.41) is 7.72. The van der Waals surface area contributed by atoms with Gasteiger partial charge in [-0.2, -0.15) is 4.98 Å². The van der Waals surface area contributed by atoms with E-state index in [1.165, 1.54) is 0 Å². The topological polar surface area (TPSA) is 89.6 Å². The SMILES string of the molecule is Cc1nc(Cl)cc(NC(c2nc(-c3cccnc3)no2)C(C)C)n1. The van der Waals surface area contributed by atoms with Gasteiger partial charge >= 0.3 is 0 Å². The van der Waals surface area contributed by atoms with Gasteiger partial charge in [0.2, 0.25) is 11.7 Å². The number of nitrogens with one attached hydrogen (secondary N) is 1. The normalized spacial score (nSPS) is 12.4. The fraction of sp³-hybridized carbons (Fsp3) is 0.312. The third-order valence-electron chi connectivity index (χ3n) is 3.40. The van der Waals surface area contributed by atoms with Crippen molar-refractivity contribution in [1.82, 2.24) is 25.1 Å². The molecular formula is C16H17ClN6O. The van der Waals surface area contributed by atoms with Crippen LogP contribution in [-0.4, -0.2) is 25.1 Å². The number of aromatic nitrogens is 5. The Hall–Kier alpha value is -2.54. The molecule has 3 aromatic heterocycles. The van der Waals surface area contributed by atoms with Crippen LogP contribution in [-0.2, 0) is 0 Å². The molecule has 0 spiro atoms. The van der Waals surface area contributed by atoms with Gasteiger partial charge in [0.1, 0.15) is 22.8 Å². The summed E-state index contributed by atoms with van der Waals surface area (Å²) in [6, 6.07) is 5.18. The summed E-state index contributed by atoms with van der Waals surface area (Å²) in [7, 11) is 0. The zero-order chi connectivity index (χ0) is 17.1. The molecule has 1 unspecified atom stereocenters.